The maximum atomic E-state index is 12.1. The summed E-state index contributed by atoms with van der Waals surface area (Å²) in [6.07, 6.45) is 0. The molecule has 20 heavy (non-hydrogen) atoms. The zero-order valence-electron chi connectivity index (χ0n) is 12.5. The second kappa shape index (κ2) is 6.93. The van der Waals surface area contributed by atoms with Crippen molar-refractivity contribution in [3.05, 3.63) is 29.8 Å². The number of rotatable bonds is 6. The fourth-order valence-corrected chi connectivity index (χ4v) is 1.72. The van der Waals surface area contributed by atoms with E-state index in [1.165, 1.54) is 0 Å². The van der Waals surface area contributed by atoms with Gasteiger partial charge in [0.1, 0.15) is 6.54 Å². The molecule has 0 heterocycles. The van der Waals surface area contributed by atoms with Gasteiger partial charge in [-0.25, -0.2) is 0 Å². The van der Waals surface area contributed by atoms with E-state index < -0.39 is 5.97 Å². The van der Waals surface area contributed by atoms with Crippen LogP contribution in [0.3, 0.4) is 0 Å². The maximum absolute atomic E-state index is 12.1. The Hall–Kier alpha value is -2.04. The average Bonchev–Trinajstić information content (AvgIpc) is 2.37. The van der Waals surface area contributed by atoms with Gasteiger partial charge in [-0.1, -0.05) is 17.7 Å². The molecule has 1 amide bonds. The number of aryl methyl sites for hydroxylation is 1. The molecule has 0 aliphatic carbocycles. The van der Waals surface area contributed by atoms with Crippen molar-refractivity contribution in [2.24, 2.45) is 0 Å². The Labute approximate surface area is 119 Å². The third-order valence-electron chi connectivity index (χ3n) is 3.22. The van der Waals surface area contributed by atoms with Gasteiger partial charge in [0.25, 0.3) is 0 Å². The third kappa shape index (κ3) is 4.57. The van der Waals surface area contributed by atoms with Crippen LogP contribution in [0.25, 0.3) is 0 Å². The van der Waals surface area contributed by atoms with Crippen molar-refractivity contribution in [1.29, 1.82) is 0 Å². The molecular formula is C15H22N2O3. The molecule has 1 rings (SSSR count). The summed E-state index contributed by atoms with van der Waals surface area (Å²) in [5.74, 6) is -1.05. The number of likely N-dealkylation sites (N-methyl/N-ethyl adjacent to an activating group) is 1. The Morgan fingerprint density at radius 1 is 1.15 bits per heavy atom. The lowest BCUT2D eigenvalue weighted by Crippen LogP contribution is -2.43. The summed E-state index contributed by atoms with van der Waals surface area (Å²) >= 11 is 0. The number of carbonyl (C=O) groups excluding carboxylic acids is 1. The molecule has 0 aromatic heterocycles. The smallest absolute Gasteiger partial charge is 0.323 e. The van der Waals surface area contributed by atoms with Crippen LogP contribution in [0.15, 0.2) is 24.3 Å². The Morgan fingerprint density at radius 2 is 1.70 bits per heavy atom. The first kappa shape index (κ1) is 16.0. The molecular weight excluding hydrogens is 256 g/mol. The lowest BCUT2D eigenvalue weighted by molar-refractivity contribution is -0.135. The number of carbonyl (C=O) groups is 2. The molecule has 1 N–H and O–H groups in total. The molecule has 0 aliphatic heterocycles. The maximum Gasteiger partial charge on any atom is 0.323 e. The molecule has 110 valence electrons. The van der Waals surface area contributed by atoms with Crippen LogP contribution < -0.4 is 4.90 Å². The van der Waals surface area contributed by atoms with Crippen LogP contribution in [0.1, 0.15) is 19.4 Å². The highest BCUT2D eigenvalue weighted by Gasteiger charge is 2.18. The minimum Gasteiger partial charge on any atom is -0.480 e. The molecule has 0 radical (unpaired) electrons. The van der Waals surface area contributed by atoms with Gasteiger partial charge in [0, 0.05) is 18.8 Å². The van der Waals surface area contributed by atoms with Crippen LogP contribution in [0.4, 0.5) is 5.69 Å². The quantitative estimate of drug-likeness (QED) is 0.861. The predicted octanol–water partition coefficient (Wildman–Crippen LogP) is 1.75. The summed E-state index contributed by atoms with van der Waals surface area (Å²) in [6.45, 7) is 5.67. The number of nitrogens with zero attached hydrogens (tertiary/aromatic N) is 2. The number of benzene rings is 1. The van der Waals surface area contributed by atoms with Crippen LogP contribution in [0, 0.1) is 6.92 Å². The van der Waals surface area contributed by atoms with Crippen molar-refractivity contribution in [1.82, 2.24) is 4.90 Å². The molecule has 0 aliphatic rings. The Bertz CT molecular complexity index is 469. The molecule has 0 bridgehead atoms. The van der Waals surface area contributed by atoms with Gasteiger partial charge < -0.3 is 14.9 Å². The van der Waals surface area contributed by atoms with Crippen LogP contribution in [-0.2, 0) is 9.59 Å². The van der Waals surface area contributed by atoms with E-state index in [9.17, 15) is 9.59 Å². The van der Waals surface area contributed by atoms with Crippen molar-refractivity contribution in [2.75, 3.05) is 25.0 Å². The molecule has 0 saturated carbocycles. The molecule has 0 fully saturated rings. The summed E-state index contributed by atoms with van der Waals surface area (Å²) in [5, 5.41) is 8.99. The van der Waals surface area contributed by atoms with E-state index in [1.54, 1.807) is 16.8 Å². The summed E-state index contributed by atoms with van der Waals surface area (Å²) in [5.41, 5.74) is 1.83. The average molecular weight is 278 g/mol. The first-order valence-electron chi connectivity index (χ1n) is 6.60. The van der Waals surface area contributed by atoms with Crippen molar-refractivity contribution >= 4 is 17.6 Å². The number of carboxylic acids is 1. The minimum absolute atomic E-state index is 0.0596. The van der Waals surface area contributed by atoms with E-state index in [2.05, 4.69) is 0 Å². The summed E-state index contributed by atoms with van der Waals surface area (Å²) in [7, 11) is 1.72. The zero-order chi connectivity index (χ0) is 15.3. The van der Waals surface area contributed by atoms with Gasteiger partial charge in [0.15, 0.2) is 0 Å². The van der Waals surface area contributed by atoms with E-state index in [-0.39, 0.29) is 25.0 Å². The van der Waals surface area contributed by atoms with Crippen LogP contribution in [0.2, 0.25) is 0 Å². The van der Waals surface area contributed by atoms with Gasteiger partial charge in [0.05, 0.1) is 6.54 Å². The summed E-state index contributed by atoms with van der Waals surface area (Å²) in [4.78, 5) is 26.3. The highest BCUT2D eigenvalue weighted by molar-refractivity contribution is 5.84. The number of anilines is 1. The van der Waals surface area contributed by atoms with Gasteiger partial charge in [-0.3, -0.25) is 9.59 Å². The Kier molecular flexibility index (Phi) is 5.55. The number of hydrogen-bond donors (Lipinski definition) is 1. The van der Waals surface area contributed by atoms with Gasteiger partial charge in [-0.15, -0.1) is 0 Å². The second-order valence-corrected chi connectivity index (χ2v) is 5.18. The van der Waals surface area contributed by atoms with Crippen molar-refractivity contribution < 1.29 is 14.7 Å². The first-order valence-corrected chi connectivity index (χ1v) is 6.60. The van der Waals surface area contributed by atoms with E-state index >= 15 is 0 Å². The SMILES string of the molecule is Cc1ccc(N(CC(=O)O)CC(=O)N(C)C(C)C)cc1. The monoisotopic (exact) mass is 278 g/mol. The van der Waals surface area contributed by atoms with E-state index in [4.69, 9.17) is 5.11 Å². The molecule has 1 aromatic rings. The minimum atomic E-state index is -0.953. The van der Waals surface area contributed by atoms with Gasteiger partial charge in [0.2, 0.25) is 5.91 Å². The summed E-state index contributed by atoms with van der Waals surface area (Å²) < 4.78 is 0. The highest BCUT2D eigenvalue weighted by atomic mass is 16.4. The molecule has 0 saturated heterocycles. The molecule has 0 unspecified atom stereocenters. The second-order valence-electron chi connectivity index (χ2n) is 5.18. The molecule has 0 atom stereocenters. The van der Waals surface area contributed by atoms with Gasteiger partial charge in [-0.05, 0) is 32.9 Å². The molecule has 5 heteroatoms. The number of aliphatic carboxylic acids is 1. The van der Waals surface area contributed by atoms with Crippen LogP contribution >= 0.6 is 0 Å². The van der Waals surface area contributed by atoms with Crippen LogP contribution in [-0.4, -0.2) is 48.1 Å². The number of carboxylic acid groups (broad SMARTS) is 1. The predicted molar refractivity (Wildman–Crippen MR) is 78.9 cm³/mol. The lowest BCUT2D eigenvalue weighted by Gasteiger charge is -2.27. The van der Waals surface area contributed by atoms with Gasteiger partial charge in [-0.2, -0.15) is 0 Å². The highest BCUT2D eigenvalue weighted by Crippen LogP contribution is 2.15. The Morgan fingerprint density at radius 3 is 2.15 bits per heavy atom. The van der Waals surface area contributed by atoms with E-state index in [1.807, 2.05) is 45.0 Å². The van der Waals surface area contributed by atoms with Crippen molar-refractivity contribution in [2.45, 2.75) is 26.8 Å². The normalized spacial score (nSPS) is 10.4. The number of amides is 1. The largest absolute Gasteiger partial charge is 0.480 e. The van der Waals surface area contributed by atoms with Crippen LogP contribution in [0.5, 0.6) is 0 Å². The fraction of sp³-hybridized carbons (Fsp3) is 0.467. The summed E-state index contributed by atoms with van der Waals surface area (Å²) in [6, 6.07) is 7.57. The molecule has 5 nitrogen and oxygen atoms in total. The first-order chi connectivity index (χ1) is 9.31. The van der Waals surface area contributed by atoms with E-state index in [0.717, 1.165) is 11.3 Å². The zero-order valence-corrected chi connectivity index (χ0v) is 12.5. The number of hydrogen-bond acceptors (Lipinski definition) is 3. The topological polar surface area (TPSA) is 60.9 Å². The third-order valence-corrected chi connectivity index (χ3v) is 3.22. The standard InChI is InChI=1S/C15H22N2O3/c1-11(2)16(4)14(18)9-17(10-15(19)20)13-7-5-12(3)6-8-13/h5-8,11H,9-10H2,1-4H3,(H,19,20). The Balaban J connectivity index is 2.87. The van der Waals surface area contributed by atoms with Crippen molar-refractivity contribution in [3.8, 4) is 0 Å². The van der Waals surface area contributed by atoms with Crippen molar-refractivity contribution in [3.63, 3.8) is 0 Å². The molecule has 0 spiro atoms. The van der Waals surface area contributed by atoms with E-state index in [0.29, 0.717) is 0 Å². The molecule has 1 aromatic carbocycles. The lowest BCUT2D eigenvalue weighted by atomic mass is 10.2. The van der Waals surface area contributed by atoms with Gasteiger partial charge >= 0.3 is 5.97 Å². The fourth-order valence-electron chi connectivity index (χ4n) is 1.72.